The standard InChI is InChI=1S/C16H24N2/c1-18-4-2-3-15(18)10-17-16-13-6-11-5-12(8-13)9-14(16)7-11/h2-4,11-14,16-17H,5-10H2,1H3/p+1. The zero-order valence-corrected chi connectivity index (χ0v) is 11.4. The summed E-state index contributed by atoms with van der Waals surface area (Å²) in [4.78, 5) is 0. The molecule has 4 aliphatic carbocycles. The van der Waals surface area contributed by atoms with Crippen LogP contribution in [0.5, 0.6) is 0 Å². The molecule has 4 aliphatic rings. The monoisotopic (exact) mass is 245 g/mol. The summed E-state index contributed by atoms with van der Waals surface area (Å²) < 4.78 is 2.27. The zero-order chi connectivity index (χ0) is 12.1. The summed E-state index contributed by atoms with van der Waals surface area (Å²) in [5, 5.41) is 2.67. The van der Waals surface area contributed by atoms with E-state index in [0.29, 0.717) is 0 Å². The van der Waals surface area contributed by atoms with E-state index in [2.05, 4.69) is 35.3 Å². The van der Waals surface area contributed by atoms with Crippen LogP contribution in [0.1, 0.15) is 37.8 Å². The van der Waals surface area contributed by atoms with E-state index in [1.54, 1.807) is 32.1 Å². The molecule has 2 N–H and O–H groups in total. The number of aryl methyl sites for hydroxylation is 1. The van der Waals surface area contributed by atoms with Crippen LogP contribution in [0.15, 0.2) is 18.3 Å². The van der Waals surface area contributed by atoms with Gasteiger partial charge in [0.1, 0.15) is 6.54 Å². The highest BCUT2D eigenvalue weighted by Gasteiger charge is 2.50. The molecule has 0 unspecified atom stereocenters. The molecular formula is C16H25N2+. The summed E-state index contributed by atoms with van der Waals surface area (Å²) in [5.41, 5.74) is 1.48. The van der Waals surface area contributed by atoms with Gasteiger partial charge in [0.05, 0.1) is 11.7 Å². The Kier molecular flexibility index (Phi) is 2.54. The normalized spacial score (nSPS) is 41.5. The first-order valence-electron chi connectivity index (χ1n) is 7.73. The number of nitrogens with two attached hydrogens (primary N) is 1. The number of rotatable bonds is 3. The van der Waals surface area contributed by atoms with Crippen LogP contribution in [-0.2, 0) is 13.6 Å². The van der Waals surface area contributed by atoms with Crippen molar-refractivity contribution in [1.29, 1.82) is 0 Å². The lowest BCUT2D eigenvalue weighted by molar-refractivity contribution is -0.723. The van der Waals surface area contributed by atoms with Gasteiger partial charge in [0.15, 0.2) is 0 Å². The highest BCUT2D eigenvalue weighted by Crippen LogP contribution is 2.52. The average Bonchev–Trinajstić information content (AvgIpc) is 2.73. The van der Waals surface area contributed by atoms with Gasteiger partial charge in [0, 0.05) is 25.1 Å². The van der Waals surface area contributed by atoms with Crippen molar-refractivity contribution in [3.05, 3.63) is 24.0 Å². The summed E-state index contributed by atoms with van der Waals surface area (Å²) in [6, 6.07) is 5.37. The summed E-state index contributed by atoms with van der Waals surface area (Å²) in [6.45, 7) is 1.18. The van der Waals surface area contributed by atoms with Crippen LogP contribution in [0, 0.1) is 23.7 Å². The maximum atomic E-state index is 2.67. The molecule has 4 saturated carbocycles. The van der Waals surface area contributed by atoms with E-state index >= 15 is 0 Å². The van der Waals surface area contributed by atoms with Crippen LogP contribution in [0.25, 0.3) is 0 Å². The van der Waals surface area contributed by atoms with Crippen LogP contribution in [0.4, 0.5) is 0 Å². The Bertz CT molecular complexity index is 406. The molecule has 0 saturated heterocycles. The lowest BCUT2D eigenvalue weighted by atomic mass is 9.54. The van der Waals surface area contributed by atoms with Gasteiger partial charge in [-0.15, -0.1) is 0 Å². The molecule has 5 rings (SSSR count). The fourth-order valence-corrected chi connectivity index (χ4v) is 5.32. The molecule has 0 radical (unpaired) electrons. The van der Waals surface area contributed by atoms with E-state index < -0.39 is 0 Å². The second-order valence-corrected chi connectivity index (χ2v) is 7.06. The largest absolute Gasteiger partial charge is 0.350 e. The van der Waals surface area contributed by atoms with Crippen LogP contribution < -0.4 is 5.32 Å². The number of hydrogen-bond acceptors (Lipinski definition) is 0. The first-order chi connectivity index (χ1) is 8.79. The Hall–Kier alpha value is -0.760. The molecule has 4 fully saturated rings. The van der Waals surface area contributed by atoms with Crippen molar-refractivity contribution < 1.29 is 5.32 Å². The van der Waals surface area contributed by atoms with Crippen LogP contribution in [-0.4, -0.2) is 10.6 Å². The summed E-state index contributed by atoms with van der Waals surface area (Å²) >= 11 is 0. The van der Waals surface area contributed by atoms with Gasteiger partial charge in [-0.1, -0.05) is 0 Å². The Labute approximate surface area is 110 Å². The molecule has 1 heterocycles. The number of hydrogen-bond donors (Lipinski definition) is 1. The molecule has 0 amide bonds. The molecular weight excluding hydrogens is 220 g/mol. The number of quaternary nitrogens is 1. The van der Waals surface area contributed by atoms with Crippen molar-refractivity contribution in [3.8, 4) is 0 Å². The van der Waals surface area contributed by atoms with Crippen molar-refractivity contribution in [2.75, 3.05) is 0 Å². The minimum atomic E-state index is 0.938. The van der Waals surface area contributed by atoms with Gasteiger partial charge >= 0.3 is 0 Å². The molecule has 18 heavy (non-hydrogen) atoms. The summed E-state index contributed by atoms with van der Waals surface area (Å²) in [7, 11) is 2.17. The highest BCUT2D eigenvalue weighted by molar-refractivity contribution is 5.05. The van der Waals surface area contributed by atoms with Crippen molar-refractivity contribution in [2.24, 2.45) is 30.7 Å². The van der Waals surface area contributed by atoms with Crippen LogP contribution in [0.2, 0.25) is 0 Å². The summed E-state index contributed by atoms with van der Waals surface area (Å²) in [5.74, 6) is 4.29. The molecule has 2 heteroatoms. The Morgan fingerprint density at radius 3 is 2.33 bits per heavy atom. The van der Waals surface area contributed by atoms with E-state index in [-0.39, 0.29) is 0 Å². The molecule has 4 bridgehead atoms. The second-order valence-electron chi connectivity index (χ2n) is 7.06. The number of aromatic nitrogens is 1. The molecule has 98 valence electrons. The molecule has 0 atom stereocenters. The topological polar surface area (TPSA) is 21.5 Å². The molecule has 1 aromatic heterocycles. The maximum Gasteiger partial charge on any atom is 0.117 e. The number of nitrogens with zero attached hydrogens (tertiary/aromatic N) is 1. The minimum absolute atomic E-state index is 0.938. The van der Waals surface area contributed by atoms with E-state index in [4.69, 9.17) is 0 Å². The smallest absolute Gasteiger partial charge is 0.117 e. The third kappa shape index (κ3) is 1.73. The second kappa shape index (κ2) is 4.12. The van der Waals surface area contributed by atoms with E-state index in [1.165, 1.54) is 12.2 Å². The Morgan fingerprint density at radius 1 is 1.11 bits per heavy atom. The van der Waals surface area contributed by atoms with Crippen LogP contribution in [0.3, 0.4) is 0 Å². The fourth-order valence-electron chi connectivity index (χ4n) is 5.32. The van der Waals surface area contributed by atoms with Gasteiger partial charge in [-0.2, -0.15) is 0 Å². The lowest BCUT2D eigenvalue weighted by Crippen LogP contribution is -2.93. The zero-order valence-electron chi connectivity index (χ0n) is 11.4. The fraction of sp³-hybridized carbons (Fsp3) is 0.750. The minimum Gasteiger partial charge on any atom is -0.350 e. The summed E-state index contributed by atoms with van der Waals surface area (Å²) in [6.07, 6.45) is 9.91. The van der Waals surface area contributed by atoms with E-state index in [0.717, 1.165) is 29.7 Å². The van der Waals surface area contributed by atoms with Gasteiger partial charge in [0.2, 0.25) is 0 Å². The van der Waals surface area contributed by atoms with Gasteiger partial charge in [-0.05, 0) is 56.1 Å². The predicted molar refractivity (Wildman–Crippen MR) is 71.9 cm³/mol. The highest BCUT2D eigenvalue weighted by atomic mass is 15.0. The van der Waals surface area contributed by atoms with Crippen molar-refractivity contribution >= 4 is 0 Å². The first-order valence-corrected chi connectivity index (χ1v) is 7.73. The Morgan fingerprint density at radius 2 is 1.78 bits per heavy atom. The molecule has 0 spiro atoms. The molecule has 2 nitrogen and oxygen atoms in total. The molecule has 0 aliphatic heterocycles. The maximum absolute atomic E-state index is 2.67. The van der Waals surface area contributed by atoms with E-state index in [1.807, 2.05) is 0 Å². The predicted octanol–water partition coefficient (Wildman–Crippen LogP) is 1.91. The van der Waals surface area contributed by atoms with Gasteiger partial charge < -0.3 is 9.88 Å². The third-order valence-corrected chi connectivity index (χ3v) is 5.95. The molecule has 1 aromatic rings. The van der Waals surface area contributed by atoms with Gasteiger partial charge in [0.25, 0.3) is 0 Å². The first kappa shape index (κ1) is 11.1. The van der Waals surface area contributed by atoms with E-state index in [9.17, 15) is 0 Å². The Balaban J connectivity index is 1.45. The third-order valence-electron chi connectivity index (χ3n) is 5.95. The quantitative estimate of drug-likeness (QED) is 0.840. The SMILES string of the molecule is Cn1cccc1C[NH2+]C1C2CC3CC(C2)CC1C3. The van der Waals surface area contributed by atoms with Crippen molar-refractivity contribution in [1.82, 2.24) is 4.57 Å². The van der Waals surface area contributed by atoms with Gasteiger partial charge in [-0.25, -0.2) is 0 Å². The van der Waals surface area contributed by atoms with Gasteiger partial charge in [-0.3, -0.25) is 0 Å². The average molecular weight is 245 g/mol. The molecule has 0 aromatic carbocycles. The lowest BCUT2D eigenvalue weighted by Gasteiger charge is -2.52. The van der Waals surface area contributed by atoms with Crippen molar-refractivity contribution in [2.45, 2.75) is 44.7 Å². The van der Waals surface area contributed by atoms with Crippen LogP contribution >= 0.6 is 0 Å². The van der Waals surface area contributed by atoms with Crippen molar-refractivity contribution in [3.63, 3.8) is 0 Å².